The SMILES string of the molecule is CCN(CC)S(=O)(=O)c1cccc(NC(=O)[C@@H]2C[C@H]3CC[C@H]2C3)c1. The molecule has 0 unspecified atom stereocenters. The van der Waals surface area contributed by atoms with E-state index in [-0.39, 0.29) is 16.7 Å². The van der Waals surface area contributed by atoms with Gasteiger partial charge in [-0.2, -0.15) is 4.31 Å². The second-order valence-corrected chi connectivity index (χ2v) is 8.83. The van der Waals surface area contributed by atoms with Gasteiger partial charge in [-0.15, -0.1) is 0 Å². The van der Waals surface area contributed by atoms with Gasteiger partial charge in [-0.05, 0) is 49.3 Å². The molecule has 0 spiro atoms. The van der Waals surface area contributed by atoms with Crippen LogP contribution in [0.15, 0.2) is 29.2 Å². The molecule has 132 valence electrons. The van der Waals surface area contributed by atoms with Crippen molar-refractivity contribution in [3.8, 4) is 0 Å². The Hall–Kier alpha value is -1.40. The van der Waals surface area contributed by atoms with E-state index >= 15 is 0 Å². The van der Waals surface area contributed by atoms with Gasteiger partial charge in [-0.3, -0.25) is 4.79 Å². The lowest BCUT2D eigenvalue weighted by atomic mass is 9.88. The lowest BCUT2D eigenvalue weighted by Crippen LogP contribution is -2.31. The molecule has 5 nitrogen and oxygen atoms in total. The summed E-state index contributed by atoms with van der Waals surface area (Å²) in [7, 11) is -3.50. The largest absolute Gasteiger partial charge is 0.326 e. The van der Waals surface area contributed by atoms with Gasteiger partial charge in [0.05, 0.1) is 4.90 Å². The fraction of sp³-hybridized carbons (Fsp3) is 0.611. The molecule has 2 aliphatic carbocycles. The Morgan fingerprint density at radius 2 is 1.96 bits per heavy atom. The van der Waals surface area contributed by atoms with Crippen molar-refractivity contribution in [3.05, 3.63) is 24.3 Å². The van der Waals surface area contributed by atoms with Gasteiger partial charge < -0.3 is 5.32 Å². The minimum absolute atomic E-state index is 0.0413. The zero-order valence-corrected chi connectivity index (χ0v) is 15.2. The van der Waals surface area contributed by atoms with Crippen LogP contribution >= 0.6 is 0 Å². The van der Waals surface area contributed by atoms with Crippen molar-refractivity contribution in [2.24, 2.45) is 17.8 Å². The van der Waals surface area contributed by atoms with E-state index in [1.165, 1.54) is 17.1 Å². The zero-order chi connectivity index (χ0) is 17.3. The number of benzene rings is 1. The van der Waals surface area contributed by atoms with E-state index in [1.54, 1.807) is 24.3 Å². The Morgan fingerprint density at radius 3 is 2.54 bits per heavy atom. The molecule has 1 aromatic rings. The molecule has 2 bridgehead atoms. The molecule has 3 rings (SSSR count). The molecule has 0 aromatic heterocycles. The number of nitrogens with zero attached hydrogens (tertiary/aromatic N) is 1. The van der Waals surface area contributed by atoms with Crippen LogP contribution in [0.1, 0.15) is 39.5 Å². The number of sulfonamides is 1. The third kappa shape index (κ3) is 3.22. The highest BCUT2D eigenvalue weighted by Gasteiger charge is 2.43. The highest BCUT2D eigenvalue weighted by molar-refractivity contribution is 7.89. The third-order valence-corrected chi connectivity index (χ3v) is 7.57. The van der Waals surface area contributed by atoms with Crippen molar-refractivity contribution in [1.29, 1.82) is 0 Å². The average molecular weight is 350 g/mol. The molecule has 0 radical (unpaired) electrons. The fourth-order valence-electron chi connectivity index (χ4n) is 4.25. The van der Waals surface area contributed by atoms with Crippen molar-refractivity contribution >= 4 is 21.6 Å². The molecule has 6 heteroatoms. The predicted octanol–water partition coefficient (Wildman–Crippen LogP) is 3.09. The van der Waals surface area contributed by atoms with E-state index < -0.39 is 10.0 Å². The quantitative estimate of drug-likeness (QED) is 0.857. The van der Waals surface area contributed by atoms with E-state index in [0.717, 1.165) is 12.8 Å². The van der Waals surface area contributed by atoms with Crippen molar-refractivity contribution in [3.63, 3.8) is 0 Å². The molecule has 0 aliphatic heterocycles. The standard InChI is InChI=1S/C18H26N2O3S/c1-3-20(4-2)24(22,23)16-7-5-6-15(12-16)19-18(21)17-11-13-8-9-14(17)10-13/h5-7,12-14,17H,3-4,8-11H2,1-2H3,(H,19,21)/t13-,14-,17+/m0/s1. The van der Waals surface area contributed by atoms with E-state index in [9.17, 15) is 13.2 Å². The molecule has 0 heterocycles. The summed E-state index contributed by atoms with van der Waals surface area (Å²) in [5.74, 6) is 1.35. The van der Waals surface area contributed by atoms with Gasteiger partial charge in [0, 0.05) is 24.7 Å². The first-order chi connectivity index (χ1) is 11.5. The lowest BCUT2D eigenvalue weighted by molar-refractivity contribution is -0.121. The van der Waals surface area contributed by atoms with Crippen LogP contribution in [-0.2, 0) is 14.8 Å². The monoisotopic (exact) mass is 350 g/mol. The summed E-state index contributed by atoms with van der Waals surface area (Å²) in [6, 6.07) is 6.60. The van der Waals surface area contributed by atoms with Gasteiger partial charge in [-0.25, -0.2) is 8.42 Å². The summed E-state index contributed by atoms with van der Waals surface area (Å²) >= 11 is 0. The van der Waals surface area contributed by atoms with Crippen molar-refractivity contribution in [2.45, 2.75) is 44.4 Å². The van der Waals surface area contributed by atoms with Crippen LogP contribution in [0.4, 0.5) is 5.69 Å². The lowest BCUT2D eigenvalue weighted by Gasteiger charge is -2.21. The maximum absolute atomic E-state index is 12.6. The summed E-state index contributed by atoms with van der Waals surface area (Å²) in [6.07, 6.45) is 4.56. The second-order valence-electron chi connectivity index (χ2n) is 6.89. The van der Waals surface area contributed by atoms with Gasteiger partial charge in [0.2, 0.25) is 15.9 Å². The Kier molecular flexibility index (Phi) is 4.97. The number of hydrogen-bond acceptors (Lipinski definition) is 3. The Morgan fingerprint density at radius 1 is 1.21 bits per heavy atom. The van der Waals surface area contributed by atoms with Crippen LogP contribution in [-0.4, -0.2) is 31.7 Å². The number of nitrogens with one attached hydrogen (secondary N) is 1. The summed E-state index contributed by atoms with van der Waals surface area (Å²) in [4.78, 5) is 12.8. The van der Waals surface area contributed by atoms with Gasteiger partial charge in [0.15, 0.2) is 0 Å². The predicted molar refractivity (Wildman–Crippen MR) is 94.1 cm³/mol. The first-order valence-corrected chi connectivity index (χ1v) is 10.3. The van der Waals surface area contributed by atoms with Crippen LogP contribution in [0.3, 0.4) is 0 Å². The van der Waals surface area contributed by atoms with E-state index in [2.05, 4.69) is 5.32 Å². The first-order valence-electron chi connectivity index (χ1n) is 8.86. The van der Waals surface area contributed by atoms with Crippen molar-refractivity contribution in [2.75, 3.05) is 18.4 Å². The average Bonchev–Trinajstić information content (AvgIpc) is 3.19. The Balaban J connectivity index is 1.75. The van der Waals surface area contributed by atoms with E-state index in [4.69, 9.17) is 0 Å². The molecular formula is C18H26N2O3S. The summed E-state index contributed by atoms with van der Waals surface area (Å²) in [6.45, 7) is 4.50. The minimum atomic E-state index is -3.50. The summed E-state index contributed by atoms with van der Waals surface area (Å²) < 4.78 is 26.6. The molecule has 1 aromatic carbocycles. The molecule has 0 saturated heterocycles. The highest BCUT2D eigenvalue weighted by atomic mass is 32.2. The van der Waals surface area contributed by atoms with Crippen molar-refractivity contribution in [1.82, 2.24) is 4.31 Å². The number of amides is 1. The Labute approximate surface area is 144 Å². The van der Waals surface area contributed by atoms with Crippen LogP contribution in [0.5, 0.6) is 0 Å². The van der Waals surface area contributed by atoms with Gasteiger partial charge in [0.25, 0.3) is 0 Å². The van der Waals surface area contributed by atoms with E-state index in [0.29, 0.717) is 30.6 Å². The smallest absolute Gasteiger partial charge is 0.243 e. The summed E-state index contributed by atoms with van der Waals surface area (Å²) in [5, 5.41) is 2.93. The third-order valence-electron chi connectivity index (χ3n) is 5.52. The number of fused-ring (bicyclic) bond motifs is 2. The molecule has 2 aliphatic rings. The van der Waals surface area contributed by atoms with Crippen LogP contribution in [0, 0.1) is 17.8 Å². The van der Waals surface area contributed by atoms with Crippen LogP contribution < -0.4 is 5.32 Å². The van der Waals surface area contributed by atoms with Gasteiger partial charge >= 0.3 is 0 Å². The second kappa shape index (κ2) is 6.84. The molecule has 3 atom stereocenters. The summed E-state index contributed by atoms with van der Waals surface area (Å²) in [5.41, 5.74) is 0.566. The molecular weight excluding hydrogens is 324 g/mol. The molecule has 1 N–H and O–H groups in total. The van der Waals surface area contributed by atoms with Crippen molar-refractivity contribution < 1.29 is 13.2 Å². The maximum atomic E-state index is 12.6. The van der Waals surface area contributed by atoms with Crippen LogP contribution in [0.2, 0.25) is 0 Å². The fourth-order valence-corrected chi connectivity index (χ4v) is 5.75. The number of carbonyl (C=O) groups excluding carboxylic acids is 1. The highest BCUT2D eigenvalue weighted by Crippen LogP contribution is 2.48. The number of anilines is 1. The molecule has 24 heavy (non-hydrogen) atoms. The van der Waals surface area contributed by atoms with Crippen LogP contribution in [0.25, 0.3) is 0 Å². The number of hydrogen-bond donors (Lipinski definition) is 1. The minimum Gasteiger partial charge on any atom is -0.326 e. The zero-order valence-electron chi connectivity index (χ0n) is 14.4. The molecule has 1 amide bonds. The maximum Gasteiger partial charge on any atom is 0.243 e. The Bertz CT molecular complexity index is 713. The van der Waals surface area contributed by atoms with Gasteiger partial charge in [0.1, 0.15) is 0 Å². The number of rotatable bonds is 6. The molecule has 2 fully saturated rings. The topological polar surface area (TPSA) is 66.5 Å². The van der Waals surface area contributed by atoms with E-state index in [1.807, 2.05) is 13.8 Å². The number of carbonyl (C=O) groups is 1. The first kappa shape index (κ1) is 17.4. The van der Waals surface area contributed by atoms with Gasteiger partial charge in [-0.1, -0.05) is 26.3 Å². The molecule has 2 saturated carbocycles. The normalized spacial score (nSPS) is 26.0.